The number of nitrogens with one attached hydrogen (secondary N) is 3. The molecule has 0 radical (unpaired) electrons. The minimum atomic E-state index is 0.0272. The Bertz CT molecular complexity index is 409. The van der Waals surface area contributed by atoms with Gasteiger partial charge in [-0.15, -0.1) is 0 Å². The summed E-state index contributed by atoms with van der Waals surface area (Å²) >= 11 is 0. The molecule has 6 heteroatoms. The zero-order valence-electron chi connectivity index (χ0n) is 11.2. The number of amides is 1. The molecule has 0 saturated carbocycles. The summed E-state index contributed by atoms with van der Waals surface area (Å²) in [4.78, 5) is 14.1. The van der Waals surface area contributed by atoms with E-state index in [1.807, 2.05) is 20.9 Å². The Labute approximate surface area is 107 Å². The molecule has 0 aliphatic carbocycles. The molecule has 1 saturated heterocycles. The van der Waals surface area contributed by atoms with Crippen LogP contribution >= 0.6 is 0 Å². The Morgan fingerprint density at radius 1 is 1.56 bits per heavy atom. The van der Waals surface area contributed by atoms with Gasteiger partial charge in [-0.2, -0.15) is 5.10 Å². The number of anilines is 1. The maximum absolute atomic E-state index is 12.0. The Kier molecular flexibility index (Phi) is 3.98. The van der Waals surface area contributed by atoms with Gasteiger partial charge in [0.05, 0.1) is 23.6 Å². The number of aromatic amines is 1. The van der Waals surface area contributed by atoms with Crippen molar-refractivity contribution in [1.29, 1.82) is 0 Å². The Hall–Kier alpha value is -1.40. The first kappa shape index (κ1) is 13.0. The second-order valence-electron chi connectivity index (χ2n) is 4.87. The predicted molar refractivity (Wildman–Crippen MR) is 70.6 cm³/mol. The number of aromatic nitrogens is 2. The van der Waals surface area contributed by atoms with Gasteiger partial charge in [-0.25, -0.2) is 0 Å². The highest BCUT2D eigenvalue weighted by Crippen LogP contribution is 2.16. The maximum atomic E-state index is 12.0. The number of likely N-dealkylation sites (N-methyl/N-ethyl adjacent to an activating group) is 1. The van der Waals surface area contributed by atoms with Crippen molar-refractivity contribution in [1.82, 2.24) is 20.4 Å². The molecule has 1 amide bonds. The fraction of sp³-hybridized carbons (Fsp3) is 0.667. The van der Waals surface area contributed by atoms with Crippen LogP contribution < -0.4 is 10.6 Å². The number of H-pyrrole nitrogens is 1. The monoisotopic (exact) mass is 251 g/mol. The van der Waals surface area contributed by atoms with E-state index < -0.39 is 0 Å². The molecule has 0 bridgehead atoms. The van der Waals surface area contributed by atoms with Crippen molar-refractivity contribution in [2.24, 2.45) is 0 Å². The van der Waals surface area contributed by atoms with Crippen LogP contribution in [0.25, 0.3) is 0 Å². The van der Waals surface area contributed by atoms with E-state index >= 15 is 0 Å². The number of rotatable bonds is 4. The van der Waals surface area contributed by atoms with Crippen LogP contribution in [0.15, 0.2) is 0 Å². The number of hydrogen-bond acceptors (Lipinski definition) is 4. The van der Waals surface area contributed by atoms with Crippen molar-refractivity contribution in [2.75, 3.05) is 32.0 Å². The first-order valence-corrected chi connectivity index (χ1v) is 6.31. The quantitative estimate of drug-likeness (QED) is 0.717. The molecule has 18 heavy (non-hydrogen) atoms. The van der Waals surface area contributed by atoms with E-state index in [1.165, 1.54) is 0 Å². The SMILES string of the molecule is CNC1CCN(CC(=O)Nc2c(C)n[nH]c2C)C1. The summed E-state index contributed by atoms with van der Waals surface area (Å²) in [6.07, 6.45) is 1.10. The summed E-state index contributed by atoms with van der Waals surface area (Å²) in [6, 6.07) is 0.509. The van der Waals surface area contributed by atoms with Gasteiger partial charge in [0, 0.05) is 19.1 Å². The first-order chi connectivity index (χ1) is 8.60. The van der Waals surface area contributed by atoms with Gasteiger partial charge in [-0.05, 0) is 27.3 Å². The lowest BCUT2D eigenvalue weighted by molar-refractivity contribution is -0.117. The van der Waals surface area contributed by atoms with Gasteiger partial charge in [0.2, 0.25) is 5.91 Å². The second-order valence-corrected chi connectivity index (χ2v) is 4.87. The Balaban J connectivity index is 1.86. The molecule has 6 nitrogen and oxygen atoms in total. The van der Waals surface area contributed by atoms with Gasteiger partial charge >= 0.3 is 0 Å². The fourth-order valence-electron chi connectivity index (χ4n) is 2.33. The van der Waals surface area contributed by atoms with Crippen LogP contribution in [0.1, 0.15) is 17.8 Å². The van der Waals surface area contributed by atoms with Gasteiger partial charge in [-0.3, -0.25) is 14.8 Å². The van der Waals surface area contributed by atoms with Crippen LogP contribution in [-0.2, 0) is 4.79 Å². The third kappa shape index (κ3) is 2.88. The number of nitrogens with zero attached hydrogens (tertiary/aromatic N) is 2. The van der Waals surface area contributed by atoms with E-state index in [9.17, 15) is 4.79 Å². The lowest BCUT2D eigenvalue weighted by atomic mass is 10.3. The molecular formula is C12H21N5O. The van der Waals surface area contributed by atoms with E-state index in [0.717, 1.165) is 36.6 Å². The number of hydrogen-bond donors (Lipinski definition) is 3. The van der Waals surface area contributed by atoms with Gasteiger partial charge in [0.1, 0.15) is 0 Å². The highest BCUT2D eigenvalue weighted by Gasteiger charge is 2.23. The van der Waals surface area contributed by atoms with E-state index in [2.05, 4.69) is 25.7 Å². The van der Waals surface area contributed by atoms with E-state index in [-0.39, 0.29) is 5.91 Å². The maximum Gasteiger partial charge on any atom is 0.238 e. The lowest BCUT2D eigenvalue weighted by Gasteiger charge is -2.15. The highest BCUT2D eigenvalue weighted by molar-refractivity contribution is 5.93. The van der Waals surface area contributed by atoms with Crippen molar-refractivity contribution < 1.29 is 4.79 Å². The molecule has 1 aromatic rings. The molecule has 100 valence electrons. The molecule has 0 spiro atoms. The summed E-state index contributed by atoms with van der Waals surface area (Å²) in [5, 5.41) is 13.1. The van der Waals surface area contributed by atoms with Crippen molar-refractivity contribution >= 4 is 11.6 Å². The summed E-state index contributed by atoms with van der Waals surface area (Å²) in [5.74, 6) is 0.0272. The molecule has 1 aromatic heterocycles. The molecule has 1 aliphatic rings. The fourth-order valence-corrected chi connectivity index (χ4v) is 2.33. The molecule has 1 atom stereocenters. The Morgan fingerprint density at radius 2 is 2.33 bits per heavy atom. The van der Waals surface area contributed by atoms with Gasteiger partial charge in [0.15, 0.2) is 0 Å². The van der Waals surface area contributed by atoms with Crippen LogP contribution in [0.2, 0.25) is 0 Å². The molecule has 1 aliphatic heterocycles. The van der Waals surface area contributed by atoms with E-state index in [4.69, 9.17) is 0 Å². The minimum absolute atomic E-state index is 0.0272. The highest BCUT2D eigenvalue weighted by atomic mass is 16.2. The summed E-state index contributed by atoms with van der Waals surface area (Å²) in [5.41, 5.74) is 2.54. The van der Waals surface area contributed by atoms with Crippen LogP contribution in [0.3, 0.4) is 0 Å². The van der Waals surface area contributed by atoms with Crippen LogP contribution in [-0.4, -0.2) is 53.7 Å². The number of carbonyl (C=O) groups excluding carboxylic acids is 1. The van der Waals surface area contributed by atoms with Crippen LogP contribution in [0, 0.1) is 13.8 Å². The van der Waals surface area contributed by atoms with E-state index in [0.29, 0.717) is 12.6 Å². The van der Waals surface area contributed by atoms with E-state index in [1.54, 1.807) is 0 Å². The van der Waals surface area contributed by atoms with Crippen LogP contribution in [0.4, 0.5) is 5.69 Å². The molecule has 2 rings (SSSR count). The smallest absolute Gasteiger partial charge is 0.238 e. The van der Waals surface area contributed by atoms with Gasteiger partial charge in [0.25, 0.3) is 0 Å². The standard InChI is InChI=1S/C12H21N5O/c1-8-12(9(2)16-15-8)14-11(18)7-17-5-4-10(6-17)13-3/h10,13H,4-7H2,1-3H3,(H,14,18)(H,15,16). The molecular weight excluding hydrogens is 230 g/mol. The zero-order valence-corrected chi connectivity index (χ0v) is 11.2. The van der Waals surface area contributed by atoms with Crippen molar-refractivity contribution in [3.63, 3.8) is 0 Å². The average molecular weight is 251 g/mol. The van der Waals surface area contributed by atoms with Crippen molar-refractivity contribution in [3.8, 4) is 0 Å². The van der Waals surface area contributed by atoms with Gasteiger partial charge in [-0.1, -0.05) is 0 Å². The van der Waals surface area contributed by atoms with Crippen molar-refractivity contribution in [2.45, 2.75) is 26.3 Å². The molecule has 1 fully saturated rings. The second kappa shape index (κ2) is 5.49. The Morgan fingerprint density at radius 3 is 2.89 bits per heavy atom. The number of carbonyl (C=O) groups is 1. The summed E-state index contributed by atoms with van der Waals surface area (Å²) < 4.78 is 0. The molecule has 3 N–H and O–H groups in total. The number of likely N-dealkylation sites (tertiary alicyclic amines) is 1. The first-order valence-electron chi connectivity index (χ1n) is 6.31. The third-order valence-electron chi connectivity index (χ3n) is 3.44. The topological polar surface area (TPSA) is 73.1 Å². The number of aryl methyl sites for hydroxylation is 2. The third-order valence-corrected chi connectivity index (χ3v) is 3.44. The van der Waals surface area contributed by atoms with Crippen molar-refractivity contribution in [3.05, 3.63) is 11.4 Å². The molecule has 2 heterocycles. The predicted octanol–water partition coefficient (Wildman–Crippen LogP) is 0.259. The molecule has 1 unspecified atom stereocenters. The largest absolute Gasteiger partial charge is 0.322 e. The summed E-state index contributed by atoms with van der Waals surface area (Å²) in [6.45, 7) is 6.15. The summed E-state index contributed by atoms with van der Waals surface area (Å²) in [7, 11) is 1.96. The van der Waals surface area contributed by atoms with Crippen LogP contribution in [0.5, 0.6) is 0 Å². The normalized spacial score (nSPS) is 20.3. The van der Waals surface area contributed by atoms with Gasteiger partial charge < -0.3 is 10.6 Å². The average Bonchev–Trinajstić information content (AvgIpc) is 2.91. The lowest BCUT2D eigenvalue weighted by Crippen LogP contribution is -2.34. The molecule has 0 aromatic carbocycles. The zero-order chi connectivity index (χ0) is 13.1. The minimum Gasteiger partial charge on any atom is -0.322 e.